The van der Waals surface area contributed by atoms with Gasteiger partial charge in [0, 0.05) is 52.0 Å². The maximum Gasteiger partial charge on any atom is 0.222 e. The Bertz CT molecular complexity index is 1940. The van der Waals surface area contributed by atoms with E-state index in [2.05, 4.69) is 52.2 Å². The van der Waals surface area contributed by atoms with Crippen LogP contribution < -0.4 is 16.4 Å². The highest BCUT2D eigenvalue weighted by atomic mass is 16.3. The number of carbonyl (C=O) groups excluding carboxylic acids is 3. The molecule has 8 fully saturated rings. The summed E-state index contributed by atoms with van der Waals surface area (Å²) in [5, 5.41) is 74.0. The number of fused-ring (bicyclic) bond motifs is 10. The molecule has 22 atom stereocenters. The molecular formula is C64H112N4O9. The molecule has 442 valence electrons. The van der Waals surface area contributed by atoms with E-state index in [1.807, 2.05) is 4.90 Å². The van der Waals surface area contributed by atoms with Gasteiger partial charge in [-0.1, -0.05) is 60.8 Å². The van der Waals surface area contributed by atoms with Crippen LogP contribution in [0.3, 0.4) is 0 Å². The van der Waals surface area contributed by atoms with Crippen molar-refractivity contribution >= 4 is 17.7 Å². The van der Waals surface area contributed by atoms with E-state index in [1.165, 1.54) is 0 Å². The predicted molar refractivity (Wildman–Crippen MR) is 303 cm³/mol. The van der Waals surface area contributed by atoms with E-state index in [9.17, 15) is 45.0 Å². The molecular weight excluding hydrogens is 969 g/mol. The van der Waals surface area contributed by atoms with Crippen LogP contribution in [0.4, 0.5) is 0 Å². The third-order valence-electron chi connectivity index (χ3n) is 25.1. The topological polar surface area (TPSA) is 226 Å². The van der Waals surface area contributed by atoms with E-state index in [1.54, 1.807) is 0 Å². The van der Waals surface area contributed by atoms with Crippen LogP contribution in [0.2, 0.25) is 0 Å². The Hall–Kier alpha value is -1.87. The largest absolute Gasteiger partial charge is 0.396 e. The van der Waals surface area contributed by atoms with Gasteiger partial charge in [0.25, 0.3) is 0 Å². The molecule has 13 heteroatoms. The summed E-state index contributed by atoms with van der Waals surface area (Å²) in [6.07, 6.45) is 20.9. The lowest BCUT2D eigenvalue weighted by atomic mass is 9.41. The van der Waals surface area contributed by atoms with E-state index in [4.69, 9.17) is 5.73 Å². The van der Waals surface area contributed by atoms with Gasteiger partial charge in [-0.25, -0.2) is 0 Å². The fourth-order valence-electron chi connectivity index (χ4n) is 20.6. The van der Waals surface area contributed by atoms with E-state index >= 15 is 0 Å². The molecule has 8 saturated carbocycles. The molecule has 0 spiro atoms. The van der Waals surface area contributed by atoms with Crippen molar-refractivity contribution < 1.29 is 45.0 Å². The van der Waals surface area contributed by atoms with Gasteiger partial charge < -0.3 is 51.9 Å². The fraction of sp³-hybridized carbons (Fsp3) is 0.953. The Morgan fingerprint density at radius 2 is 1.05 bits per heavy atom. The third kappa shape index (κ3) is 12.6. The molecule has 0 bridgehead atoms. The summed E-state index contributed by atoms with van der Waals surface area (Å²) in [7, 11) is 0. The lowest BCUT2D eigenvalue weighted by Crippen LogP contribution is -2.62. The normalized spacial score (nSPS) is 42.9. The smallest absolute Gasteiger partial charge is 0.222 e. The summed E-state index contributed by atoms with van der Waals surface area (Å²) in [6, 6.07) is 0. The van der Waals surface area contributed by atoms with E-state index < -0.39 is 18.3 Å². The number of nitrogens with two attached hydrogens (primary N) is 1. The number of amides is 3. The Morgan fingerprint density at radius 1 is 0.558 bits per heavy atom. The van der Waals surface area contributed by atoms with Crippen LogP contribution in [0.1, 0.15) is 215 Å². The molecule has 20 unspecified atom stereocenters. The lowest BCUT2D eigenvalue weighted by Gasteiger charge is -2.64. The molecule has 8 aliphatic carbocycles. The maximum absolute atomic E-state index is 13.6. The minimum Gasteiger partial charge on any atom is -0.396 e. The summed E-state index contributed by atoms with van der Waals surface area (Å²) >= 11 is 0. The second kappa shape index (κ2) is 26.1. The lowest BCUT2D eigenvalue weighted by molar-refractivity contribution is -0.207. The van der Waals surface area contributed by atoms with Crippen molar-refractivity contribution in [3.8, 4) is 0 Å². The number of hydrogen-bond donors (Lipinski definition) is 9. The summed E-state index contributed by atoms with van der Waals surface area (Å²) in [4.78, 5) is 42.2. The average Bonchev–Trinajstić information content (AvgIpc) is 3.98. The number of carbonyl (C=O) groups is 3. The number of nitrogens with zero attached hydrogens (tertiary/aromatic N) is 1. The molecule has 10 N–H and O–H groups in total. The second-order valence-electron chi connectivity index (χ2n) is 28.9. The number of aliphatic hydroxyl groups is 6. The van der Waals surface area contributed by atoms with Crippen molar-refractivity contribution in [3.05, 3.63) is 0 Å². The molecule has 13 nitrogen and oxygen atoms in total. The Morgan fingerprint density at radius 3 is 1.61 bits per heavy atom. The fourth-order valence-corrected chi connectivity index (χ4v) is 20.6. The quantitative estimate of drug-likeness (QED) is 0.0396. The molecule has 0 saturated heterocycles. The molecule has 0 aromatic carbocycles. The van der Waals surface area contributed by atoms with Crippen molar-refractivity contribution in [2.75, 3.05) is 39.3 Å². The summed E-state index contributed by atoms with van der Waals surface area (Å²) in [6.45, 7) is 17.0. The summed E-state index contributed by atoms with van der Waals surface area (Å²) < 4.78 is 0. The molecule has 0 heterocycles. The molecule has 8 rings (SSSR count). The standard InChI is InChI=1S/C64H112N4O9/c1-40(47-18-20-49-59-42(39-69)33-43-34-45(70)24-26-61(43,3)51(59)37-54(73)63(47,49)5)17-23-57(76)67-30-14-32-68(58(77)15-10-8-7-9-11-28-65)31-13-12-29-66-56(75)22-16-41(2)48-19-21-50-60-52(38-55(74)64(48,50)6)62(4)27-25-46(71)35-44(62)36-53(60)72/h40-55,59-60,69-74H,7-39,65H2,1-6H3,(H,66,75)(H,67,76)/t40-,41-,42?,43?,44?,45?,46?,47?,48?,49?,50?,51?,52?,53?,54?,55?,59?,60?,61?,62?,63?,64?/m1/s1. The molecule has 0 aromatic rings. The zero-order chi connectivity index (χ0) is 55.5. The molecule has 0 aliphatic heterocycles. The van der Waals surface area contributed by atoms with Gasteiger partial charge >= 0.3 is 0 Å². The predicted octanol–water partition coefficient (Wildman–Crippen LogP) is 8.52. The zero-order valence-corrected chi connectivity index (χ0v) is 49.2. The zero-order valence-electron chi connectivity index (χ0n) is 49.2. The average molecular weight is 1080 g/mol. The van der Waals surface area contributed by atoms with Crippen LogP contribution in [-0.2, 0) is 14.4 Å². The number of rotatable bonds is 25. The van der Waals surface area contributed by atoms with Crippen LogP contribution >= 0.6 is 0 Å². The van der Waals surface area contributed by atoms with Gasteiger partial charge in [-0.05, 0) is 240 Å². The van der Waals surface area contributed by atoms with Crippen LogP contribution in [0.25, 0.3) is 0 Å². The highest BCUT2D eigenvalue weighted by Crippen LogP contribution is 2.71. The van der Waals surface area contributed by atoms with E-state index in [0.717, 1.165) is 141 Å². The van der Waals surface area contributed by atoms with Crippen LogP contribution in [0.5, 0.6) is 0 Å². The van der Waals surface area contributed by atoms with Gasteiger partial charge in [0.15, 0.2) is 0 Å². The highest BCUT2D eigenvalue weighted by Gasteiger charge is 2.67. The number of aliphatic hydroxyl groups excluding tert-OH is 6. The van der Waals surface area contributed by atoms with Crippen LogP contribution in [0.15, 0.2) is 0 Å². The van der Waals surface area contributed by atoms with Gasteiger partial charge in [-0.3, -0.25) is 14.4 Å². The minimum atomic E-state index is -0.439. The Balaban J connectivity index is 0.753. The molecule has 3 amide bonds. The first-order chi connectivity index (χ1) is 36.7. The molecule has 0 aromatic heterocycles. The monoisotopic (exact) mass is 1080 g/mol. The number of nitrogens with one attached hydrogen (secondary N) is 2. The molecule has 8 aliphatic rings. The van der Waals surface area contributed by atoms with Crippen LogP contribution in [0, 0.1) is 98.6 Å². The first-order valence-electron chi connectivity index (χ1n) is 32.2. The van der Waals surface area contributed by atoms with E-state index in [-0.39, 0.29) is 93.7 Å². The van der Waals surface area contributed by atoms with Gasteiger partial charge in [-0.2, -0.15) is 0 Å². The van der Waals surface area contributed by atoms with Crippen molar-refractivity contribution in [3.63, 3.8) is 0 Å². The van der Waals surface area contributed by atoms with Gasteiger partial charge in [0.2, 0.25) is 17.7 Å². The Labute approximate surface area is 465 Å². The number of hydrogen-bond acceptors (Lipinski definition) is 10. The van der Waals surface area contributed by atoms with Crippen molar-refractivity contribution in [2.24, 2.45) is 104 Å². The van der Waals surface area contributed by atoms with Gasteiger partial charge in [-0.15, -0.1) is 0 Å². The second-order valence-corrected chi connectivity index (χ2v) is 28.9. The Kier molecular flexibility index (Phi) is 20.8. The SMILES string of the molecule is C[C@H](CCC(=O)NCCCCN(CCCNC(=O)CC[C@@H](C)C1CCC2C3C(CO)CC4CC(O)CCC4(C)C3CC(O)C21C)C(=O)CCCCCCCN)C1CCC2C3C(O)CC4CC(O)CCC4(C)C3CC(O)C21C. The van der Waals surface area contributed by atoms with Crippen molar-refractivity contribution in [2.45, 2.75) is 245 Å². The summed E-state index contributed by atoms with van der Waals surface area (Å²) in [5.41, 5.74) is 5.30. The number of unbranched alkanes of at least 4 members (excludes halogenated alkanes) is 5. The first-order valence-corrected chi connectivity index (χ1v) is 32.2. The molecule has 0 radical (unpaired) electrons. The molecule has 77 heavy (non-hydrogen) atoms. The van der Waals surface area contributed by atoms with Crippen molar-refractivity contribution in [1.82, 2.24) is 15.5 Å². The van der Waals surface area contributed by atoms with E-state index in [0.29, 0.717) is 106 Å². The first kappa shape index (κ1) is 61.2. The maximum atomic E-state index is 13.6. The van der Waals surface area contributed by atoms with Crippen LogP contribution in [-0.4, -0.2) is 123 Å². The van der Waals surface area contributed by atoms with Crippen molar-refractivity contribution in [1.29, 1.82) is 0 Å². The van der Waals surface area contributed by atoms with Gasteiger partial charge in [0.1, 0.15) is 0 Å². The minimum absolute atomic E-state index is 0.0347. The summed E-state index contributed by atoms with van der Waals surface area (Å²) in [5.74, 6) is 4.08. The van der Waals surface area contributed by atoms with Gasteiger partial charge in [0.05, 0.1) is 30.5 Å². The third-order valence-corrected chi connectivity index (χ3v) is 25.1. The highest BCUT2D eigenvalue weighted by molar-refractivity contribution is 5.77.